The van der Waals surface area contributed by atoms with Crippen LogP contribution in [0.1, 0.15) is 36.8 Å². The molecule has 2 atom stereocenters. The van der Waals surface area contributed by atoms with Crippen molar-refractivity contribution in [1.82, 2.24) is 9.88 Å². The van der Waals surface area contributed by atoms with Crippen LogP contribution in [0.2, 0.25) is 0 Å². The minimum atomic E-state index is -0.180. The van der Waals surface area contributed by atoms with Crippen LogP contribution in [0.3, 0.4) is 0 Å². The van der Waals surface area contributed by atoms with E-state index in [1.54, 1.807) is 19.2 Å². The monoisotopic (exact) mass is 337 g/mol. The lowest BCUT2D eigenvalue weighted by Gasteiger charge is -2.61. The number of benzene rings is 1. The lowest BCUT2D eigenvalue weighted by atomic mass is 9.62. The average Bonchev–Trinajstić information content (AvgIpc) is 2.60. The third-order valence-electron chi connectivity index (χ3n) is 5.78. The van der Waals surface area contributed by atoms with E-state index in [-0.39, 0.29) is 17.1 Å². The number of aryl methyl sites for hydroxylation is 1. The molecule has 5 heteroatoms. The van der Waals surface area contributed by atoms with E-state index < -0.39 is 0 Å². The smallest absolute Gasteiger partial charge is 0.322 e. The van der Waals surface area contributed by atoms with Gasteiger partial charge in [-0.2, -0.15) is 0 Å². The SMILES string of the molecule is Cc1cc(NC(=O)N2C[C@H]3CCCC[C@@]32c2ccccc2)c[nH]c1=O. The fraction of sp³-hybridized carbons (Fsp3) is 0.400. The summed E-state index contributed by atoms with van der Waals surface area (Å²) in [5.41, 5.74) is 2.15. The van der Waals surface area contributed by atoms with Gasteiger partial charge in [0.15, 0.2) is 0 Å². The average molecular weight is 337 g/mol. The van der Waals surface area contributed by atoms with Crippen LogP contribution in [0, 0.1) is 12.8 Å². The van der Waals surface area contributed by atoms with Crippen LogP contribution in [-0.2, 0) is 5.54 Å². The van der Waals surface area contributed by atoms with Crippen LogP contribution >= 0.6 is 0 Å². The highest BCUT2D eigenvalue weighted by Crippen LogP contribution is 2.53. The second-order valence-corrected chi connectivity index (χ2v) is 7.17. The number of amides is 2. The highest BCUT2D eigenvalue weighted by atomic mass is 16.2. The molecular weight excluding hydrogens is 314 g/mol. The number of aromatic nitrogens is 1. The molecule has 1 aliphatic heterocycles. The van der Waals surface area contributed by atoms with Gasteiger partial charge in [-0.15, -0.1) is 0 Å². The van der Waals surface area contributed by atoms with Crippen molar-refractivity contribution in [3.05, 3.63) is 64.1 Å². The molecule has 1 aromatic heterocycles. The standard InChI is InChI=1S/C20H23N3O2/c1-14-11-17(12-21-18(14)24)22-19(25)23-13-16-9-5-6-10-20(16,23)15-7-3-2-4-8-15/h2-4,7-8,11-12,16H,5-6,9-10,13H2,1H3,(H,21,24)(H,22,25)/t16-,20-/m1/s1. The highest BCUT2D eigenvalue weighted by Gasteiger charge is 2.57. The van der Waals surface area contributed by atoms with E-state index in [2.05, 4.69) is 34.6 Å². The Morgan fingerprint density at radius 1 is 1.28 bits per heavy atom. The molecule has 130 valence electrons. The van der Waals surface area contributed by atoms with E-state index in [0.29, 0.717) is 17.2 Å². The molecule has 0 unspecified atom stereocenters. The Hall–Kier alpha value is -2.56. The number of nitrogens with zero attached hydrogens (tertiary/aromatic N) is 1. The molecule has 2 aliphatic rings. The summed E-state index contributed by atoms with van der Waals surface area (Å²) in [7, 11) is 0. The predicted molar refractivity (Wildman–Crippen MR) is 97.6 cm³/mol. The first kappa shape index (κ1) is 15.9. The quantitative estimate of drug-likeness (QED) is 0.879. The first-order valence-electron chi connectivity index (χ1n) is 8.95. The van der Waals surface area contributed by atoms with Crippen molar-refractivity contribution in [2.75, 3.05) is 11.9 Å². The molecule has 2 fully saturated rings. The Labute approximate surface area is 147 Å². The lowest BCUT2D eigenvalue weighted by molar-refractivity contribution is -0.0756. The van der Waals surface area contributed by atoms with Gasteiger partial charge in [0.1, 0.15) is 0 Å². The molecule has 2 amide bonds. The maximum Gasteiger partial charge on any atom is 0.322 e. The van der Waals surface area contributed by atoms with Gasteiger partial charge in [-0.3, -0.25) is 4.79 Å². The fourth-order valence-electron chi connectivity index (χ4n) is 4.48. The molecule has 2 N–H and O–H groups in total. The number of likely N-dealkylation sites (tertiary alicyclic amines) is 1. The zero-order valence-electron chi connectivity index (χ0n) is 14.4. The number of anilines is 1. The summed E-state index contributed by atoms with van der Waals surface area (Å²) >= 11 is 0. The maximum atomic E-state index is 12.9. The molecule has 0 radical (unpaired) electrons. The number of rotatable bonds is 2. The van der Waals surface area contributed by atoms with Crippen LogP contribution in [0.4, 0.5) is 10.5 Å². The summed E-state index contributed by atoms with van der Waals surface area (Å²) in [5.74, 6) is 0.534. The summed E-state index contributed by atoms with van der Waals surface area (Å²) in [6.45, 7) is 2.53. The van der Waals surface area contributed by atoms with E-state index in [4.69, 9.17) is 0 Å². The van der Waals surface area contributed by atoms with Crippen LogP contribution in [0.15, 0.2) is 47.4 Å². The number of H-pyrrole nitrogens is 1. The van der Waals surface area contributed by atoms with Gasteiger partial charge in [0.05, 0.1) is 11.2 Å². The molecular formula is C20H23N3O2. The molecule has 0 bridgehead atoms. The van der Waals surface area contributed by atoms with Crippen molar-refractivity contribution in [1.29, 1.82) is 0 Å². The van der Waals surface area contributed by atoms with Gasteiger partial charge in [-0.1, -0.05) is 43.2 Å². The van der Waals surface area contributed by atoms with Gasteiger partial charge in [-0.05, 0) is 31.4 Å². The minimum absolute atomic E-state index is 0.0894. The molecule has 1 saturated carbocycles. The highest BCUT2D eigenvalue weighted by molar-refractivity contribution is 5.90. The number of fused-ring (bicyclic) bond motifs is 1. The number of carbonyl (C=O) groups is 1. The number of hydrogen-bond acceptors (Lipinski definition) is 2. The van der Waals surface area contributed by atoms with Crippen molar-refractivity contribution in [3.63, 3.8) is 0 Å². The molecule has 1 saturated heterocycles. The van der Waals surface area contributed by atoms with Crippen molar-refractivity contribution in [2.45, 2.75) is 38.1 Å². The van der Waals surface area contributed by atoms with Gasteiger partial charge < -0.3 is 15.2 Å². The van der Waals surface area contributed by atoms with E-state index in [1.165, 1.54) is 18.4 Å². The number of hydrogen-bond donors (Lipinski definition) is 2. The third kappa shape index (κ3) is 2.54. The molecule has 0 spiro atoms. The van der Waals surface area contributed by atoms with E-state index >= 15 is 0 Å². The summed E-state index contributed by atoms with van der Waals surface area (Å²) in [4.78, 5) is 29.1. The second-order valence-electron chi connectivity index (χ2n) is 7.17. The first-order valence-corrected chi connectivity index (χ1v) is 8.95. The van der Waals surface area contributed by atoms with Gasteiger partial charge in [-0.25, -0.2) is 4.79 Å². The van der Waals surface area contributed by atoms with Crippen LogP contribution in [-0.4, -0.2) is 22.5 Å². The Kier molecular flexibility index (Phi) is 3.86. The molecule has 1 aliphatic carbocycles. The number of pyridine rings is 1. The topological polar surface area (TPSA) is 65.2 Å². The number of nitrogens with one attached hydrogen (secondary N) is 2. The summed E-state index contributed by atoms with van der Waals surface area (Å²) in [5, 5.41) is 2.96. The van der Waals surface area contributed by atoms with Crippen molar-refractivity contribution in [3.8, 4) is 0 Å². The second kappa shape index (κ2) is 6.06. The van der Waals surface area contributed by atoms with Crippen LogP contribution in [0.5, 0.6) is 0 Å². The normalized spacial score (nSPS) is 25.0. The van der Waals surface area contributed by atoms with E-state index in [1.807, 2.05) is 11.0 Å². The van der Waals surface area contributed by atoms with Crippen LogP contribution < -0.4 is 10.9 Å². The zero-order chi connectivity index (χ0) is 17.4. The predicted octanol–water partition coefficient (Wildman–Crippen LogP) is 3.62. The first-order chi connectivity index (χ1) is 12.1. The summed E-state index contributed by atoms with van der Waals surface area (Å²) in [6.07, 6.45) is 6.14. The largest absolute Gasteiger partial charge is 0.327 e. The van der Waals surface area contributed by atoms with Gasteiger partial charge in [0.25, 0.3) is 5.56 Å². The molecule has 4 rings (SSSR count). The van der Waals surface area contributed by atoms with Gasteiger partial charge in [0.2, 0.25) is 0 Å². The van der Waals surface area contributed by atoms with E-state index in [0.717, 1.165) is 19.4 Å². The Bertz CT molecular complexity index is 846. The van der Waals surface area contributed by atoms with Crippen molar-refractivity contribution < 1.29 is 4.79 Å². The number of aromatic amines is 1. The molecule has 1 aromatic carbocycles. The fourth-order valence-corrected chi connectivity index (χ4v) is 4.48. The Morgan fingerprint density at radius 3 is 2.80 bits per heavy atom. The van der Waals surface area contributed by atoms with Crippen molar-refractivity contribution in [2.24, 2.45) is 5.92 Å². The number of urea groups is 1. The summed E-state index contributed by atoms with van der Waals surface area (Å²) < 4.78 is 0. The van der Waals surface area contributed by atoms with Crippen LogP contribution in [0.25, 0.3) is 0 Å². The van der Waals surface area contributed by atoms with E-state index in [9.17, 15) is 9.59 Å². The number of carbonyl (C=O) groups excluding carboxylic acids is 1. The summed E-state index contributed by atoms with van der Waals surface area (Å²) in [6, 6.07) is 12.0. The molecule has 25 heavy (non-hydrogen) atoms. The van der Waals surface area contributed by atoms with Gasteiger partial charge >= 0.3 is 6.03 Å². The Balaban J connectivity index is 1.61. The minimum Gasteiger partial charge on any atom is -0.327 e. The third-order valence-corrected chi connectivity index (χ3v) is 5.78. The lowest BCUT2D eigenvalue weighted by Crippen LogP contribution is -2.68. The molecule has 2 heterocycles. The van der Waals surface area contributed by atoms with Gasteiger partial charge in [0, 0.05) is 24.2 Å². The zero-order valence-corrected chi connectivity index (χ0v) is 14.4. The molecule has 5 nitrogen and oxygen atoms in total. The maximum absolute atomic E-state index is 12.9. The Morgan fingerprint density at radius 2 is 2.08 bits per heavy atom. The molecule has 2 aromatic rings. The van der Waals surface area contributed by atoms with Crippen molar-refractivity contribution >= 4 is 11.7 Å².